The molecule has 1 aliphatic heterocycles. The van der Waals surface area contributed by atoms with Crippen LogP contribution in [0.15, 0.2) is 36.9 Å². The largest absolute Gasteiger partial charge is 0.369 e. The molecule has 20 heavy (non-hydrogen) atoms. The summed E-state index contributed by atoms with van der Waals surface area (Å²) >= 11 is 0. The Morgan fingerprint density at radius 2 is 2.10 bits per heavy atom. The molecule has 2 rings (SSSR count). The van der Waals surface area contributed by atoms with Gasteiger partial charge in [0, 0.05) is 38.4 Å². The highest BCUT2D eigenvalue weighted by Gasteiger charge is 2.18. The molecule has 0 aliphatic carbocycles. The smallest absolute Gasteiger partial charge is 0.234 e. The first-order valence-electron chi connectivity index (χ1n) is 7.10. The first-order chi connectivity index (χ1) is 9.69. The van der Waals surface area contributed by atoms with Crippen molar-refractivity contribution in [1.82, 2.24) is 10.2 Å². The zero-order valence-electron chi connectivity index (χ0n) is 12.1. The molecule has 0 atom stereocenters. The lowest BCUT2D eigenvalue weighted by molar-refractivity contribution is -0.122. The maximum absolute atomic E-state index is 11.7. The number of carbonyl (C=O) groups excluding carboxylic acids is 1. The van der Waals surface area contributed by atoms with Crippen molar-refractivity contribution >= 4 is 11.6 Å². The lowest BCUT2D eigenvalue weighted by atomic mass is 10.2. The van der Waals surface area contributed by atoms with E-state index in [0.29, 0.717) is 13.1 Å². The van der Waals surface area contributed by atoms with E-state index in [4.69, 9.17) is 0 Å². The van der Waals surface area contributed by atoms with Crippen molar-refractivity contribution < 1.29 is 4.79 Å². The van der Waals surface area contributed by atoms with Gasteiger partial charge < -0.3 is 10.2 Å². The number of nitrogens with one attached hydrogen (secondary N) is 1. The molecule has 1 saturated heterocycles. The Kier molecular flexibility index (Phi) is 5.18. The zero-order chi connectivity index (χ0) is 14.4. The molecule has 0 spiro atoms. The third kappa shape index (κ3) is 4.10. The normalized spacial score (nSPS) is 15.9. The number of carbonyl (C=O) groups is 1. The van der Waals surface area contributed by atoms with Crippen LogP contribution in [0.1, 0.15) is 5.56 Å². The van der Waals surface area contributed by atoms with Crippen LogP contribution < -0.4 is 10.2 Å². The number of benzene rings is 1. The number of rotatable bonds is 5. The number of piperazine rings is 1. The molecule has 4 heteroatoms. The van der Waals surface area contributed by atoms with E-state index in [9.17, 15) is 4.79 Å². The highest BCUT2D eigenvalue weighted by atomic mass is 16.2. The van der Waals surface area contributed by atoms with Gasteiger partial charge in [-0.3, -0.25) is 9.69 Å². The number of aryl methyl sites for hydroxylation is 1. The number of hydrogen-bond donors (Lipinski definition) is 1. The fourth-order valence-electron chi connectivity index (χ4n) is 2.43. The average molecular weight is 273 g/mol. The minimum Gasteiger partial charge on any atom is -0.369 e. The minimum atomic E-state index is 0.0777. The summed E-state index contributed by atoms with van der Waals surface area (Å²) < 4.78 is 0. The van der Waals surface area contributed by atoms with Crippen LogP contribution in [-0.2, 0) is 4.79 Å². The second-order valence-electron chi connectivity index (χ2n) is 5.19. The molecule has 1 amide bonds. The van der Waals surface area contributed by atoms with E-state index in [1.807, 2.05) is 0 Å². The molecular formula is C16H23N3O. The molecule has 1 fully saturated rings. The fraction of sp³-hybridized carbons (Fsp3) is 0.438. The third-order valence-electron chi connectivity index (χ3n) is 3.55. The zero-order valence-corrected chi connectivity index (χ0v) is 12.1. The van der Waals surface area contributed by atoms with Gasteiger partial charge in [-0.25, -0.2) is 0 Å². The molecule has 1 aromatic carbocycles. The summed E-state index contributed by atoms with van der Waals surface area (Å²) in [5, 5.41) is 2.82. The molecule has 0 radical (unpaired) electrons. The second kappa shape index (κ2) is 7.10. The maximum Gasteiger partial charge on any atom is 0.234 e. The SMILES string of the molecule is C=CCNC(=O)CN1CCN(c2cccc(C)c2)CC1. The molecule has 0 unspecified atom stereocenters. The van der Waals surface area contributed by atoms with Crippen molar-refractivity contribution in [2.75, 3.05) is 44.2 Å². The highest BCUT2D eigenvalue weighted by Crippen LogP contribution is 2.17. The summed E-state index contributed by atoms with van der Waals surface area (Å²) in [7, 11) is 0. The van der Waals surface area contributed by atoms with Gasteiger partial charge in [-0.1, -0.05) is 18.2 Å². The second-order valence-corrected chi connectivity index (χ2v) is 5.19. The Labute approximate surface area is 121 Å². The molecular weight excluding hydrogens is 250 g/mol. The highest BCUT2D eigenvalue weighted by molar-refractivity contribution is 5.78. The Bertz CT molecular complexity index is 465. The van der Waals surface area contributed by atoms with Crippen LogP contribution in [0.25, 0.3) is 0 Å². The van der Waals surface area contributed by atoms with Crippen LogP contribution in [0.4, 0.5) is 5.69 Å². The summed E-state index contributed by atoms with van der Waals surface area (Å²) in [5.74, 6) is 0.0777. The van der Waals surface area contributed by atoms with Crippen LogP contribution in [0.3, 0.4) is 0 Å². The van der Waals surface area contributed by atoms with Crippen molar-refractivity contribution in [1.29, 1.82) is 0 Å². The van der Waals surface area contributed by atoms with Crippen LogP contribution in [-0.4, -0.2) is 50.1 Å². The van der Waals surface area contributed by atoms with Crippen LogP contribution in [0.5, 0.6) is 0 Å². The summed E-state index contributed by atoms with van der Waals surface area (Å²) in [6.45, 7) is 10.5. The van der Waals surface area contributed by atoms with Crippen LogP contribution in [0, 0.1) is 6.92 Å². The minimum absolute atomic E-state index is 0.0777. The van der Waals surface area contributed by atoms with Crippen LogP contribution in [0.2, 0.25) is 0 Å². The van der Waals surface area contributed by atoms with Gasteiger partial charge in [-0.15, -0.1) is 6.58 Å². The van der Waals surface area contributed by atoms with Gasteiger partial charge in [0.15, 0.2) is 0 Å². The maximum atomic E-state index is 11.7. The van der Waals surface area contributed by atoms with Crippen molar-refractivity contribution in [3.05, 3.63) is 42.5 Å². The number of anilines is 1. The van der Waals surface area contributed by atoms with Crippen molar-refractivity contribution in [2.45, 2.75) is 6.92 Å². The van der Waals surface area contributed by atoms with Gasteiger partial charge in [0.05, 0.1) is 6.54 Å². The molecule has 0 aromatic heterocycles. The lowest BCUT2D eigenvalue weighted by Crippen LogP contribution is -2.49. The monoisotopic (exact) mass is 273 g/mol. The molecule has 0 bridgehead atoms. The van der Waals surface area contributed by atoms with Gasteiger partial charge in [0.2, 0.25) is 5.91 Å². The lowest BCUT2D eigenvalue weighted by Gasteiger charge is -2.35. The van der Waals surface area contributed by atoms with E-state index < -0.39 is 0 Å². The first kappa shape index (κ1) is 14.6. The topological polar surface area (TPSA) is 35.6 Å². The summed E-state index contributed by atoms with van der Waals surface area (Å²) in [4.78, 5) is 16.2. The predicted octanol–water partition coefficient (Wildman–Crippen LogP) is 1.42. The van der Waals surface area contributed by atoms with E-state index in [-0.39, 0.29) is 5.91 Å². The Balaban J connectivity index is 1.80. The van der Waals surface area contributed by atoms with Crippen molar-refractivity contribution in [2.24, 2.45) is 0 Å². The van der Waals surface area contributed by atoms with Gasteiger partial charge in [-0.2, -0.15) is 0 Å². The van der Waals surface area contributed by atoms with Gasteiger partial charge in [0.1, 0.15) is 0 Å². The van der Waals surface area contributed by atoms with E-state index in [2.05, 4.69) is 52.9 Å². The third-order valence-corrected chi connectivity index (χ3v) is 3.55. The molecule has 0 saturated carbocycles. The van der Waals surface area contributed by atoms with Gasteiger partial charge in [-0.05, 0) is 24.6 Å². The van der Waals surface area contributed by atoms with E-state index in [1.54, 1.807) is 6.08 Å². The number of hydrogen-bond acceptors (Lipinski definition) is 3. The molecule has 1 aliphatic rings. The predicted molar refractivity (Wildman–Crippen MR) is 83.0 cm³/mol. The van der Waals surface area contributed by atoms with Gasteiger partial charge >= 0.3 is 0 Å². The Hall–Kier alpha value is -1.81. The Morgan fingerprint density at radius 1 is 1.35 bits per heavy atom. The summed E-state index contributed by atoms with van der Waals surface area (Å²) in [6, 6.07) is 8.58. The molecule has 1 aromatic rings. The summed E-state index contributed by atoms with van der Waals surface area (Å²) in [5.41, 5.74) is 2.56. The van der Waals surface area contributed by atoms with E-state index in [0.717, 1.165) is 26.2 Å². The fourth-order valence-corrected chi connectivity index (χ4v) is 2.43. The quantitative estimate of drug-likeness (QED) is 0.824. The van der Waals surface area contributed by atoms with Crippen molar-refractivity contribution in [3.63, 3.8) is 0 Å². The molecule has 108 valence electrons. The van der Waals surface area contributed by atoms with E-state index >= 15 is 0 Å². The molecule has 1 heterocycles. The molecule has 1 N–H and O–H groups in total. The van der Waals surface area contributed by atoms with Crippen molar-refractivity contribution in [3.8, 4) is 0 Å². The first-order valence-corrected chi connectivity index (χ1v) is 7.10. The van der Waals surface area contributed by atoms with Crippen LogP contribution >= 0.6 is 0 Å². The number of nitrogens with zero attached hydrogens (tertiary/aromatic N) is 2. The number of amides is 1. The van der Waals surface area contributed by atoms with Gasteiger partial charge in [0.25, 0.3) is 0 Å². The van der Waals surface area contributed by atoms with E-state index in [1.165, 1.54) is 11.3 Å². The summed E-state index contributed by atoms with van der Waals surface area (Å²) in [6.07, 6.45) is 1.70. The average Bonchev–Trinajstić information content (AvgIpc) is 2.46. The standard InChI is InChI=1S/C16H23N3O/c1-3-7-17-16(20)13-18-8-10-19(11-9-18)15-6-4-5-14(2)12-15/h3-6,12H,1,7-11,13H2,2H3,(H,17,20). The Morgan fingerprint density at radius 3 is 2.75 bits per heavy atom. The molecule has 4 nitrogen and oxygen atoms in total.